The third kappa shape index (κ3) is 5.95. The van der Waals surface area contributed by atoms with Crippen molar-refractivity contribution in [1.29, 1.82) is 0 Å². The Kier molecular flexibility index (Phi) is 6.82. The molecular formula is C21H26ClN3O3S. The Morgan fingerprint density at radius 2 is 1.69 bits per heavy atom. The molecule has 1 amide bonds. The highest BCUT2D eigenvalue weighted by Crippen LogP contribution is 2.22. The Labute approximate surface area is 177 Å². The molecule has 1 heterocycles. The average molecular weight is 436 g/mol. The lowest BCUT2D eigenvalue weighted by Crippen LogP contribution is -2.43. The van der Waals surface area contributed by atoms with Gasteiger partial charge in [0.15, 0.2) is 0 Å². The van der Waals surface area contributed by atoms with Crippen LogP contribution in [0.1, 0.15) is 28.8 Å². The number of likely N-dealkylation sites (tertiary alicyclic amines) is 1. The number of hydrogen-bond donors (Lipinski definition) is 1. The predicted octanol–water partition coefficient (Wildman–Crippen LogP) is 3.13. The monoisotopic (exact) mass is 435 g/mol. The van der Waals surface area contributed by atoms with Gasteiger partial charge >= 0.3 is 0 Å². The number of nitrogens with zero attached hydrogens (tertiary/aromatic N) is 2. The molecule has 6 nitrogen and oxygen atoms in total. The van der Waals surface area contributed by atoms with Crippen molar-refractivity contribution in [3.05, 3.63) is 64.7 Å². The number of carbonyl (C=O) groups excluding carboxylic acids is 1. The number of sulfonamides is 1. The van der Waals surface area contributed by atoms with Gasteiger partial charge in [-0.1, -0.05) is 23.7 Å². The summed E-state index contributed by atoms with van der Waals surface area (Å²) >= 11 is 5.91. The predicted molar refractivity (Wildman–Crippen MR) is 117 cm³/mol. The molecule has 0 atom stereocenters. The summed E-state index contributed by atoms with van der Waals surface area (Å²) in [6.07, 6.45) is 3.04. The van der Waals surface area contributed by atoms with Gasteiger partial charge in [0, 0.05) is 16.6 Å². The van der Waals surface area contributed by atoms with Crippen molar-refractivity contribution < 1.29 is 13.2 Å². The SMILES string of the molecule is CN1CCC(NC(=O)c2ccc(N(Cc3ccc(Cl)cc3)S(C)(=O)=O)cc2)CC1. The summed E-state index contributed by atoms with van der Waals surface area (Å²) in [7, 11) is -1.41. The largest absolute Gasteiger partial charge is 0.349 e. The normalized spacial score (nSPS) is 15.8. The molecule has 0 radical (unpaired) electrons. The van der Waals surface area contributed by atoms with Crippen molar-refractivity contribution in [1.82, 2.24) is 10.2 Å². The first-order valence-electron chi connectivity index (χ1n) is 9.54. The maximum absolute atomic E-state index is 12.5. The van der Waals surface area contributed by atoms with Gasteiger partial charge in [-0.3, -0.25) is 9.10 Å². The molecule has 2 aromatic carbocycles. The minimum absolute atomic E-state index is 0.130. The molecule has 0 aliphatic carbocycles. The molecule has 29 heavy (non-hydrogen) atoms. The number of rotatable bonds is 6. The first-order valence-corrected chi connectivity index (χ1v) is 11.8. The fourth-order valence-electron chi connectivity index (χ4n) is 3.36. The summed E-state index contributed by atoms with van der Waals surface area (Å²) in [5.74, 6) is -0.130. The van der Waals surface area contributed by atoms with Crippen LogP contribution in [-0.2, 0) is 16.6 Å². The number of nitrogens with one attached hydrogen (secondary N) is 1. The standard InChI is InChI=1S/C21H26ClN3O3S/c1-24-13-11-19(12-14-24)23-21(26)17-5-9-20(10-6-17)25(29(2,27)28)15-16-3-7-18(22)8-4-16/h3-10,19H,11-15H2,1-2H3,(H,23,26). The molecule has 0 bridgehead atoms. The lowest BCUT2D eigenvalue weighted by Gasteiger charge is -2.29. The number of carbonyl (C=O) groups is 1. The molecule has 3 rings (SSSR count). The zero-order valence-corrected chi connectivity index (χ0v) is 18.2. The van der Waals surface area contributed by atoms with Crippen LogP contribution in [0.4, 0.5) is 5.69 Å². The van der Waals surface area contributed by atoms with Crippen molar-refractivity contribution in [2.24, 2.45) is 0 Å². The van der Waals surface area contributed by atoms with Gasteiger partial charge in [0.05, 0.1) is 18.5 Å². The highest BCUT2D eigenvalue weighted by Gasteiger charge is 2.21. The Morgan fingerprint density at radius 1 is 1.10 bits per heavy atom. The highest BCUT2D eigenvalue weighted by atomic mass is 35.5. The molecule has 8 heteroatoms. The second-order valence-electron chi connectivity index (χ2n) is 7.49. The Balaban J connectivity index is 1.71. The summed E-state index contributed by atoms with van der Waals surface area (Å²) in [4.78, 5) is 14.8. The fraction of sp³-hybridized carbons (Fsp3) is 0.381. The van der Waals surface area contributed by atoms with E-state index in [0.717, 1.165) is 31.5 Å². The maximum atomic E-state index is 12.5. The van der Waals surface area contributed by atoms with E-state index in [2.05, 4.69) is 17.3 Å². The molecule has 0 aromatic heterocycles. The van der Waals surface area contributed by atoms with Crippen LogP contribution in [0.5, 0.6) is 0 Å². The smallest absolute Gasteiger partial charge is 0.251 e. The van der Waals surface area contributed by atoms with Crippen LogP contribution in [-0.4, -0.2) is 51.7 Å². The summed E-state index contributed by atoms with van der Waals surface area (Å²) in [6.45, 7) is 2.13. The quantitative estimate of drug-likeness (QED) is 0.756. The van der Waals surface area contributed by atoms with Gasteiger partial charge in [0.25, 0.3) is 5.91 Å². The second kappa shape index (κ2) is 9.15. The molecule has 1 fully saturated rings. The van der Waals surface area contributed by atoms with Crippen LogP contribution in [0, 0.1) is 0 Å². The van der Waals surface area contributed by atoms with Crippen molar-refractivity contribution in [3.63, 3.8) is 0 Å². The number of hydrogen-bond acceptors (Lipinski definition) is 4. The summed E-state index contributed by atoms with van der Waals surface area (Å²) in [6, 6.07) is 13.9. The zero-order chi connectivity index (χ0) is 21.0. The molecule has 0 spiro atoms. The van der Waals surface area contributed by atoms with Crippen molar-refractivity contribution in [2.75, 3.05) is 30.7 Å². The molecule has 1 saturated heterocycles. The zero-order valence-electron chi connectivity index (χ0n) is 16.6. The molecule has 1 aliphatic rings. The van der Waals surface area contributed by atoms with Gasteiger partial charge in [0.1, 0.15) is 0 Å². The summed E-state index contributed by atoms with van der Waals surface area (Å²) in [5.41, 5.74) is 1.86. The van der Waals surface area contributed by atoms with Crippen LogP contribution < -0.4 is 9.62 Å². The number of anilines is 1. The fourth-order valence-corrected chi connectivity index (χ4v) is 4.37. The Hall–Kier alpha value is -2.09. The van der Waals surface area contributed by atoms with E-state index in [1.54, 1.807) is 48.5 Å². The maximum Gasteiger partial charge on any atom is 0.251 e. The van der Waals surface area contributed by atoms with E-state index in [4.69, 9.17) is 11.6 Å². The second-order valence-corrected chi connectivity index (χ2v) is 9.84. The van der Waals surface area contributed by atoms with Crippen LogP contribution in [0.3, 0.4) is 0 Å². The highest BCUT2D eigenvalue weighted by molar-refractivity contribution is 7.92. The van der Waals surface area contributed by atoms with Crippen molar-refractivity contribution in [3.8, 4) is 0 Å². The molecule has 0 unspecified atom stereocenters. The third-order valence-electron chi connectivity index (χ3n) is 5.11. The minimum Gasteiger partial charge on any atom is -0.349 e. The number of halogens is 1. The van der Waals surface area contributed by atoms with E-state index in [1.165, 1.54) is 10.6 Å². The van der Waals surface area contributed by atoms with Crippen LogP contribution >= 0.6 is 11.6 Å². The number of benzene rings is 2. The van der Waals surface area contributed by atoms with Gasteiger partial charge in [-0.25, -0.2) is 8.42 Å². The first-order chi connectivity index (χ1) is 13.7. The van der Waals surface area contributed by atoms with E-state index in [9.17, 15) is 13.2 Å². The lowest BCUT2D eigenvalue weighted by molar-refractivity contribution is 0.0917. The molecule has 1 aliphatic heterocycles. The average Bonchev–Trinajstić information content (AvgIpc) is 2.68. The Bertz CT molecular complexity index is 938. The van der Waals surface area contributed by atoms with E-state index >= 15 is 0 Å². The minimum atomic E-state index is -3.49. The van der Waals surface area contributed by atoms with Crippen molar-refractivity contribution >= 4 is 33.2 Å². The summed E-state index contributed by atoms with van der Waals surface area (Å²) < 4.78 is 26.0. The van der Waals surface area contributed by atoms with Gasteiger partial charge in [-0.05, 0) is 74.9 Å². The molecular weight excluding hydrogens is 410 g/mol. The number of piperidine rings is 1. The summed E-state index contributed by atoms with van der Waals surface area (Å²) in [5, 5.41) is 3.67. The first kappa shape index (κ1) is 21.6. The van der Waals surface area contributed by atoms with Crippen LogP contribution in [0.2, 0.25) is 5.02 Å². The third-order valence-corrected chi connectivity index (χ3v) is 6.50. The van der Waals surface area contributed by atoms with E-state index in [0.29, 0.717) is 16.3 Å². The molecule has 1 N–H and O–H groups in total. The molecule has 2 aromatic rings. The molecule has 156 valence electrons. The van der Waals surface area contributed by atoms with E-state index in [-0.39, 0.29) is 18.5 Å². The topological polar surface area (TPSA) is 69.7 Å². The van der Waals surface area contributed by atoms with E-state index in [1.807, 2.05) is 0 Å². The molecule has 0 saturated carbocycles. The number of amides is 1. The van der Waals surface area contributed by atoms with Crippen LogP contribution in [0.25, 0.3) is 0 Å². The van der Waals surface area contributed by atoms with Crippen LogP contribution in [0.15, 0.2) is 48.5 Å². The van der Waals surface area contributed by atoms with E-state index < -0.39 is 10.0 Å². The van der Waals surface area contributed by atoms with Gasteiger partial charge in [-0.15, -0.1) is 0 Å². The van der Waals surface area contributed by atoms with Gasteiger partial charge < -0.3 is 10.2 Å². The lowest BCUT2D eigenvalue weighted by atomic mass is 10.0. The van der Waals surface area contributed by atoms with Crippen molar-refractivity contribution in [2.45, 2.75) is 25.4 Å². The van der Waals surface area contributed by atoms with Gasteiger partial charge in [0.2, 0.25) is 10.0 Å². The van der Waals surface area contributed by atoms with Gasteiger partial charge in [-0.2, -0.15) is 0 Å². The Morgan fingerprint density at radius 3 is 2.24 bits per heavy atom.